The SMILES string of the molecule is CCCS(=O)(=O)CCOC1CCC(=O)CC1. The zero-order chi connectivity index (χ0) is 12.0. The number of Topliss-reactive ketones (excluding diaryl/α,β-unsaturated/α-hetero) is 1. The highest BCUT2D eigenvalue weighted by Gasteiger charge is 2.19. The third-order valence-corrected chi connectivity index (χ3v) is 4.57. The second-order valence-corrected chi connectivity index (χ2v) is 6.56. The van der Waals surface area contributed by atoms with E-state index in [-0.39, 0.29) is 24.2 Å². The average Bonchev–Trinajstić information content (AvgIpc) is 2.20. The molecule has 0 saturated heterocycles. The van der Waals surface area contributed by atoms with Gasteiger partial charge in [0.15, 0.2) is 9.84 Å². The van der Waals surface area contributed by atoms with Gasteiger partial charge in [-0.1, -0.05) is 6.92 Å². The van der Waals surface area contributed by atoms with Crippen molar-refractivity contribution in [3.63, 3.8) is 0 Å². The van der Waals surface area contributed by atoms with E-state index in [2.05, 4.69) is 0 Å². The number of hydrogen-bond acceptors (Lipinski definition) is 4. The number of ether oxygens (including phenoxy) is 1. The Balaban J connectivity index is 2.18. The summed E-state index contributed by atoms with van der Waals surface area (Å²) in [6.07, 6.45) is 3.37. The summed E-state index contributed by atoms with van der Waals surface area (Å²) in [4.78, 5) is 11.0. The normalized spacial score (nSPS) is 18.9. The molecule has 0 atom stereocenters. The molecule has 0 spiro atoms. The summed E-state index contributed by atoms with van der Waals surface area (Å²) in [5.41, 5.74) is 0. The fraction of sp³-hybridized carbons (Fsp3) is 0.909. The molecule has 0 aromatic rings. The van der Waals surface area contributed by atoms with Crippen LogP contribution in [-0.2, 0) is 19.4 Å². The highest BCUT2D eigenvalue weighted by atomic mass is 32.2. The van der Waals surface area contributed by atoms with Crippen LogP contribution in [0.1, 0.15) is 39.0 Å². The van der Waals surface area contributed by atoms with Crippen LogP contribution in [0, 0.1) is 0 Å². The lowest BCUT2D eigenvalue weighted by molar-refractivity contribution is -0.122. The molecule has 94 valence electrons. The molecule has 0 aliphatic heterocycles. The Bertz CT molecular complexity index is 311. The third-order valence-electron chi connectivity index (χ3n) is 2.75. The predicted molar refractivity (Wildman–Crippen MR) is 62.2 cm³/mol. The van der Waals surface area contributed by atoms with Crippen molar-refractivity contribution in [2.24, 2.45) is 0 Å². The summed E-state index contributed by atoms with van der Waals surface area (Å²) in [5, 5.41) is 0. The van der Waals surface area contributed by atoms with Crippen LogP contribution in [0.4, 0.5) is 0 Å². The van der Waals surface area contributed by atoms with Crippen LogP contribution in [0.25, 0.3) is 0 Å². The van der Waals surface area contributed by atoms with Crippen LogP contribution >= 0.6 is 0 Å². The second-order valence-electron chi connectivity index (χ2n) is 4.26. The lowest BCUT2D eigenvalue weighted by Crippen LogP contribution is -2.24. The van der Waals surface area contributed by atoms with Crippen molar-refractivity contribution >= 4 is 15.6 Å². The minimum atomic E-state index is -2.94. The Morgan fingerprint density at radius 2 is 1.88 bits per heavy atom. The molecule has 5 heteroatoms. The van der Waals surface area contributed by atoms with Gasteiger partial charge in [-0.05, 0) is 19.3 Å². The summed E-state index contributed by atoms with van der Waals surface area (Å²) in [5.74, 6) is 0.628. The number of ketones is 1. The molecule has 1 rings (SSSR count). The van der Waals surface area contributed by atoms with Crippen molar-refractivity contribution in [3.8, 4) is 0 Å². The van der Waals surface area contributed by atoms with Crippen molar-refractivity contribution in [3.05, 3.63) is 0 Å². The fourth-order valence-corrected chi connectivity index (χ4v) is 3.01. The van der Waals surface area contributed by atoms with Gasteiger partial charge in [0.2, 0.25) is 0 Å². The maximum Gasteiger partial charge on any atom is 0.152 e. The Hall–Kier alpha value is -0.420. The molecule has 1 aliphatic carbocycles. The fourth-order valence-electron chi connectivity index (χ4n) is 1.83. The summed E-state index contributed by atoms with van der Waals surface area (Å²) < 4.78 is 28.3. The average molecular weight is 248 g/mol. The van der Waals surface area contributed by atoms with E-state index in [0.29, 0.717) is 25.0 Å². The maximum atomic E-state index is 11.4. The van der Waals surface area contributed by atoms with Crippen molar-refractivity contribution in [1.29, 1.82) is 0 Å². The molecule has 0 aromatic heterocycles. The molecule has 4 nitrogen and oxygen atoms in total. The predicted octanol–water partition coefficient (Wildman–Crippen LogP) is 1.34. The zero-order valence-electron chi connectivity index (χ0n) is 9.78. The Morgan fingerprint density at radius 1 is 1.25 bits per heavy atom. The number of carbonyl (C=O) groups is 1. The van der Waals surface area contributed by atoms with Gasteiger partial charge in [-0.3, -0.25) is 4.79 Å². The van der Waals surface area contributed by atoms with Crippen LogP contribution in [-0.4, -0.2) is 38.4 Å². The second kappa shape index (κ2) is 6.35. The van der Waals surface area contributed by atoms with Gasteiger partial charge in [0.1, 0.15) is 5.78 Å². The van der Waals surface area contributed by atoms with Crippen LogP contribution in [0.3, 0.4) is 0 Å². The van der Waals surface area contributed by atoms with E-state index in [9.17, 15) is 13.2 Å². The monoisotopic (exact) mass is 248 g/mol. The van der Waals surface area contributed by atoms with E-state index >= 15 is 0 Å². The van der Waals surface area contributed by atoms with Crippen LogP contribution in [0.2, 0.25) is 0 Å². The first kappa shape index (κ1) is 13.6. The van der Waals surface area contributed by atoms with Gasteiger partial charge >= 0.3 is 0 Å². The molecule has 1 saturated carbocycles. The third kappa shape index (κ3) is 5.07. The largest absolute Gasteiger partial charge is 0.377 e. The van der Waals surface area contributed by atoms with Crippen molar-refractivity contribution in [2.45, 2.75) is 45.1 Å². The van der Waals surface area contributed by atoms with Gasteiger partial charge in [0, 0.05) is 18.6 Å². The van der Waals surface area contributed by atoms with Crippen molar-refractivity contribution in [2.75, 3.05) is 18.1 Å². The van der Waals surface area contributed by atoms with E-state index < -0.39 is 9.84 Å². The van der Waals surface area contributed by atoms with Crippen LogP contribution in [0.5, 0.6) is 0 Å². The van der Waals surface area contributed by atoms with E-state index in [0.717, 1.165) is 12.8 Å². The molecule has 1 fully saturated rings. The van der Waals surface area contributed by atoms with E-state index in [1.54, 1.807) is 0 Å². The topological polar surface area (TPSA) is 60.4 Å². The molecule has 0 N–H and O–H groups in total. The quantitative estimate of drug-likeness (QED) is 0.711. The molecule has 0 heterocycles. The lowest BCUT2D eigenvalue weighted by atomic mass is 9.97. The molecular formula is C11H20O4S. The molecule has 0 unspecified atom stereocenters. The van der Waals surface area contributed by atoms with E-state index in [1.165, 1.54) is 0 Å². The van der Waals surface area contributed by atoms with Gasteiger partial charge in [-0.2, -0.15) is 0 Å². The van der Waals surface area contributed by atoms with Crippen molar-refractivity contribution in [1.82, 2.24) is 0 Å². The van der Waals surface area contributed by atoms with Crippen LogP contribution in [0.15, 0.2) is 0 Å². The molecular weight excluding hydrogens is 228 g/mol. The Morgan fingerprint density at radius 3 is 2.44 bits per heavy atom. The first-order valence-electron chi connectivity index (χ1n) is 5.87. The molecule has 0 radical (unpaired) electrons. The first-order valence-corrected chi connectivity index (χ1v) is 7.69. The van der Waals surface area contributed by atoms with Crippen LogP contribution < -0.4 is 0 Å². The summed E-state index contributed by atoms with van der Waals surface area (Å²) >= 11 is 0. The maximum absolute atomic E-state index is 11.4. The van der Waals surface area contributed by atoms with E-state index in [1.807, 2.05) is 6.92 Å². The lowest BCUT2D eigenvalue weighted by Gasteiger charge is -2.21. The van der Waals surface area contributed by atoms with Gasteiger partial charge in [0.25, 0.3) is 0 Å². The highest BCUT2D eigenvalue weighted by Crippen LogP contribution is 2.17. The molecule has 0 amide bonds. The summed E-state index contributed by atoms with van der Waals surface area (Å²) in [7, 11) is -2.94. The summed E-state index contributed by atoms with van der Waals surface area (Å²) in [6, 6.07) is 0. The number of hydrogen-bond donors (Lipinski definition) is 0. The Kier molecular flexibility index (Phi) is 5.41. The molecule has 16 heavy (non-hydrogen) atoms. The summed E-state index contributed by atoms with van der Waals surface area (Å²) in [6.45, 7) is 2.12. The standard InChI is InChI=1S/C11H20O4S/c1-2-8-16(13,14)9-7-15-11-5-3-10(12)4-6-11/h11H,2-9H2,1H3. The van der Waals surface area contributed by atoms with Gasteiger partial charge in [-0.15, -0.1) is 0 Å². The first-order chi connectivity index (χ1) is 7.53. The highest BCUT2D eigenvalue weighted by molar-refractivity contribution is 7.91. The Labute approximate surface area is 97.3 Å². The minimum absolute atomic E-state index is 0.0783. The van der Waals surface area contributed by atoms with Gasteiger partial charge in [-0.25, -0.2) is 8.42 Å². The van der Waals surface area contributed by atoms with Gasteiger partial charge in [0.05, 0.1) is 18.5 Å². The minimum Gasteiger partial charge on any atom is -0.377 e. The molecule has 1 aliphatic rings. The number of sulfone groups is 1. The van der Waals surface area contributed by atoms with E-state index in [4.69, 9.17) is 4.74 Å². The molecule has 0 aromatic carbocycles. The zero-order valence-corrected chi connectivity index (χ0v) is 10.6. The number of rotatable bonds is 6. The number of carbonyl (C=O) groups excluding carboxylic acids is 1. The molecule has 0 bridgehead atoms. The van der Waals surface area contributed by atoms with Gasteiger partial charge < -0.3 is 4.74 Å². The van der Waals surface area contributed by atoms with Crippen molar-refractivity contribution < 1.29 is 17.9 Å². The smallest absolute Gasteiger partial charge is 0.152 e.